The lowest BCUT2D eigenvalue weighted by atomic mass is 10.1. The van der Waals surface area contributed by atoms with Crippen molar-refractivity contribution in [3.8, 4) is 11.5 Å². The van der Waals surface area contributed by atoms with Crippen molar-refractivity contribution in [1.29, 1.82) is 0 Å². The van der Waals surface area contributed by atoms with Crippen molar-refractivity contribution in [3.05, 3.63) is 52.8 Å². The highest BCUT2D eigenvalue weighted by Gasteiger charge is 2.33. The molecule has 0 saturated carbocycles. The maximum absolute atomic E-state index is 13.3. The molecule has 1 amide bonds. The lowest BCUT2D eigenvalue weighted by Gasteiger charge is -2.24. The average Bonchev–Trinajstić information content (AvgIpc) is 3.38. The number of ether oxygens (including phenoxy) is 2. The molecule has 0 radical (unpaired) electrons. The zero-order valence-corrected chi connectivity index (χ0v) is 17.3. The van der Waals surface area contributed by atoms with Gasteiger partial charge in [0, 0.05) is 12.1 Å². The number of amides is 1. The first-order valence-corrected chi connectivity index (χ1v) is 10.3. The topological polar surface area (TPSA) is 67.5 Å². The van der Waals surface area contributed by atoms with Gasteiger partial charge in [-0.05, 0) is 43.5 Å². The molecule has 29 heavy (non-hydrogen) atoms. The zero-order chi connectivity index (χ0) is 20.4. The summed E-state index contributed by atoms with van der Waals surface area (Å²) in [4.78, 5) is 23.2. The Morgan fingerprint density at radius 1 is 1.34 bits per heavy atom. The van der Waals surface area contributed by atoms with E-state index in [-0.39, 0.29) is 11.9 Å². The number of hydrogen-bond acceptors (Lipinski definition) is 4. The van der Waals surface area contributed by atoms with Crippen molar-refractivity contribution in [1.82, 2.24) is 14.9 Å². The van der Waals surface area contributed by atoms with Crippen LogP contribution in [0.3, 0.4) is 0 Å². The minimum Gasteiger partial charge on any atom is -0.493 e. The van der Waals surface area contributed by atoms with Crippen molar-refractivity contribution in [2.75, 3.05) is 20.3 Å². The largest absolute Gasteiger partial charge is 0.493 e. The quantitative estimate of drug-likeness (QED) is 0.618. The van der Waals surface area contributed by atoms with E-state index in [2.05, 4.69) is 4.98 Å². The number of carbonyl (C=O) groups is 1. The monoisotopic (exact) mass is 413 g/mol. The molecular weight excluding hydrogens is 390 g/mol. The molecule has 6 nitrogen and oxygen atoms in total. The van der Waals surface area contributed by atoms with Gasteiger partial charge in [0.15, 0.2) is 11.5 Å². The molecule has 0 unspecified atom stereocenters. The van der Waals surface area contributed by atoms with Crippen LogP contribution in [0.15, 0.2) is 36.4 Å². The number of methoxy groups -OCH3 is 1. The van der Waals surface area contributed by atoms with Gasteiger partial charge in [0.25, 0.3) is 5.91 Å². The fourth-order valence-corrected chi connectivity index (χ4v) is 4.04. The summed E-state index contributed by atoms with van der Waals surface area (Å²) < 4.78 is 11.1. The smallest absolute Gasteiger partial charge is 0.254 e. The summed E-state index contributed by atoms with van der Waals surface area (Å²) in [5.74, 6) is 1.67. The van der Waals surface area contributed by atoms with E-state index in [1.807, 2.05) is 36.1 Å². The van der Waals surface area contributed by atoms with Gasteiger partial charge in [0.05, 0.1) is 35.8 Å². The molecule has 1 N–H and O–H groups in total. The van der Waals surface area contributed by atoms with E-state index < -0.39 is 0 Å². The molecule has 1 fully saturated rings. The average molecular weight is 414 g/mol. The summed E-state index contributed by atoms with van der Waals surface area (Å²) in [6.07, 6.45) is 2.65. The van der Waals surface area contributed by atoms with Crippen LogP contribution in [0.25, 0.3) is 11.0 Å². The second-order valence-corrected chi connectivity index (χ2v) is 7.54. The van der Waals surface area contributed by atoms with Crippen LogP contribution in [0.1, 0.15) is 48.4 Å². The molecule has 0 aliphatic carbocycles. The van der Waals surface area contributed by atoms with Gasteiger partial charge in [0.2, 0.25) is 0 Å². The zero-order valence-electron chi connectivity index (χ0n) is 16.6. The predicted octanol–water partition coefficient (Wildman–Crippen LogP) is 4.99. The van der Waals surface area contributed by atoms with E-state index in [1.54, 1.807) is 19.2 Å². The summed E-state index contributed by atoms with van der Waals surface area (Å²) in [7, 11) is 1.55. The number of likely N-dealkylation sites (tertiary alicyclic amines) is 1. The number of para-hydroxylation sites is 2. The normalized spacial score (nSPS) is 16.4. The van der Waals surface area contributed by atoms with Crippen LogP contribution < -0.4 is 9.47 Å². The maximum atomic E-state index is 13.3. The number of aromatic nitrogens is 2. The molecule has 1 atom stereocenters. The predicted molar refractivity (Wildman–Crippen MR) is 113 cm³/mol. The fourth-order valence-electron chi connectivity index (χ4n) is 3.78. The van der Waals surface area contributed by atoms with Gasteiger partial charge in [-0.15, -0.1) is 0 Å². The fraction of sp³-hybridized carbons (Fsp3) is 0.364. The number of rotatable bonds is 6. The number of fused-ring (bicyclic) bond motifs is 1. The number of aromatic amines is 1. The molecule has 2 heterocycles. The first-order valence-electron chi connectivity index (χ1n) is 9.88. The molecule has 4 rings (SSSR count). The van der Waals surface area contributed by atoms with Crippen LogP contribution in [-0.4, -0.2) is 41.0 Å². The lowest BCUT2D eigenvalue weighted by Crippen LogP contribution is -2.31. The van der Waals surface area contributed by atoms with Crippen LogP contribution in [0.2, 0.25) is 5.02 Å². The Hall–Kier alpha value is -2.73. The minimum atomic E-state index is -0.0878. The van der Waals surface area contributed by atoms with Crippen molar-refractivity contribution in [2.45, 2.75) is 32.2 Å². The molecular formula is C22H24ClN3O3. The molecule has 7 heteroatoms. The minimum absolute atomic E-state index is 0.0873. The molecule has 0 bridgehead atoms. The Balaban J connectivity index is 1.63. The van der Waals surface area contributed by atoms with Gasteiger partial charge in [-0.2, -0.15) is 0 Å². The number of H-pyrrole nitrogens is 1. The highest BCUT2D eigenvalue weighted by atomic mass is 35.5. The third-order valence-corrected chi connectivity index (χ3v) is 5.44. The molecule has 3 aromatic rings. The Morgan fingerprint density at radius 3 is 2.93 bits per heavy atom. The van der Waals surface area contributed by atoms with E-state index in [9.17, 15) is 4.79 Å². The number of nitrogens with zero attached hydrogens (tertiary/aromatic N) is 2. The maximum Gasteiger partial charge on any atom is 0.254 e. The van der Waals surface area contributed by atoms with Gasteiger partial charge < -0.3 is 19.4 Å². The number of halogens is 1. The summed E-state index contributed by atoms with van der Waals surface area (Å²) in [6.45, 7) is 3.22. The highest BCUT2D eigenvalue weighted by Crippen LogP contribution is 2.38. The van der Waals surface area contributed by atoms with E-state index >= 15 is 0 Å². The molecule has 1 aromatic heterocycles. The third kappa shape index (κ3) is 3.77. The summed E-state index contributed by atoms with van der Waals surface area (Å²) in [5.41, 5.74) is 2.37. The molecule has 1 aliphatic heterocycles. The first-order chi connectivity index (χ1) is 14.1. The Morgan fingerprint density at radius 2 is 2.17 bits per heavy atom. The number of carbonyl (C=O) groups excluding carboxylic acids is 1. The molecule has 1 saturated heterocycles. The van der Waals surface area contributed by atoms with Crippen LogP contribution in [0.5, 0.6) is 11.5 Å². The van der Waals surface area contributed by atoms with Crippen LogP contribution >= 0.6 is 11.6 Å². The van der Waals surface area contributed by atoms with Crippen LogP contribution in [0, 0.1) is 0 Å². The van der Waals surface area contributed by atoms with Crippen LogP contribution in [-0.2, 0) is 0 Å². The number of nitrogens with one attached hydrogen (secondary N) is 1. The van der Waals surface area contributed by atoms with Crippen LogP contribution in [0.4, 0.5) is 0 Å². The van der Waals surface area contributed by atoms with Crippen molar-refractivity contribution in [3.63, 3.8) is 0 Å². The molecule has 152 valence electrons. The number of imidazole rings is 1. The summed E-state index contributed by atoms with van der Waals surface area (Å²) in [5, 5.41) is 0.376. The van der Waals surface area contributed by atoms with E-state index in [0.717, 1.165) is 36.1 Å². The third-order valence-electron chi connectivity index (χ3n) is 5.16. The van der Waals surface area contributed by atoms with E-state index in [0.29, 0.717) is 35.2 Å². The molecule has 1 aliphatic rings. The van der Waals surface area contributed by atoms with Gasteiger partial charge >= 0.3 is 0 Å². The second kappa shape index (κ2) is 8.33. The van der Waals surface area contributed by atoms with Gasteiger partial charge in [0.1, 0.15) is 5.82 Å². The van der Waals surface area contributed by atoms with Gasteiger partial charge in [-0.3, -0.25) is 4.79 Å². The standard InChI is InChI=1S/C22H24ClN3O3/c1-3-11-29-20-15(23)12-14(13-19(20)28-2)22(27)26-10-6-9-18(26)21-24-16-7-4-5-8-17(16)25-21/h4-5,7-8,12-13,18H,3,6,9-11H2,1-2H3,(H,24,25)/t18-/m0/s1. The van der Waals surface area contributed by atoms with Gasteiger partial charge in [-0.1, -0.05) is 30.7 Å². The lowest BCUT2D eigenvalue weighted by molar-refractivity contribution is 0.0730. The van der Waals surface area contributed by atoms with Crippen molar-refractivity contribution in [2.24, 2.45) is 0 Å². The Kier molecular flexibility index (Phi) is 5.62. The summed E-state index contributed by atoms with van der Waals surface area (Å²) >= 11 is 6.41. The first kappa shape index (κ1) is 19.6. The highest BCUT2D eigenvalue weighted by molar-refractivity contribution is 6.32. The van der Waals surface area contributed by atoms with E-state index in [1.165, 1.54) is 0 Å². The van der Waals surface area contributed by atoms with Crippen molar-refractivity contribution < 1.29 is 14.3 Å². The summed E-state index contributed by atoms with van der Waals surface area (Å²) in [6, 6.07) is 11.2. The Bertz CT molecular complexity index is 1000. The number of hydrogen-bond donors (Lipinski definition) is 1. The molecule has 0 spiro atoms. The van der Waals surface area contributed by atoms with Crippen molar-refractivity contribution >= 4 is 28.5 Å². The second-order valence-electron chi connectivity index (χ2n) is 7.13. The van der Waals surface area contributed by atoms with Gasteiger partial charge in [-0.25, -0.2) is 4.98 Å². The SMILES string of the molecule is CCCOc1c(Cl)cc(C(=O)N2CCC[C@H]2c2nc3ccccc3[nH]2)cc1OC. The molecule has 2 aromatic carbocycles. The Labute approximate surface area is 174 Å². The van der Waals surface area contributed by atoms with E-state index in [4.69, 9.17) is 26.1 Å². The number of benzene rings is 2.